The molecule has 0 bridgehead atoms. The number of methoxy groups -OCH3 is 1. The second-order valence-corrected chi connectivity index (χ2v) is 4.96. The van der Waals surface area contributed by atoms with E-state index in [1.165, 1.54) is 18.2 Å². The molecule has 3 nitrogen and oxygen atoms in total. The summed E-state index contributed by atoms with van der Waals surface area (Å²) in [5.41, 5.74) is 1.23. The number of carbonyl (C=O) groups is 1. The molecule has 3 rings (SSSR count). The van der Waals surface area contributed by atoms with Crippen LogP contribution in [0.2, 0.25) is 0 Å². The number of hydrogen-bond donors (Lipinski definition) is 0. The molecule has 1 aromatic carbocycles. The third-order valence-corrected chi connectivity index (χ3v) is 4.11. The van der Waals surface area contributed by atoms with E-state index in [0.29, 0.717) is 0 Å². The second-order valence-electron chi connectivity index (χ2n) is 4.96. The molecule has 0 aromatic heterocycles. The Morgan fingerprint density at radius 3 is 2.94 bits per heavy atom. The van der Waals surface area contributed by atoms with Gasteiger partial charge in [0, 0.05) is 0 Å². The number of carbonyl (C=O) groups excluding carboxylic acids is 1. The van der Waals surface area contributed by atoms with Crippen molar-refractivity contribution < 1.29 is 14.3 Å². The summed E-state index contributed by atoms with van der Waals surface area (Å²) >= 11 is 0. The van der Waals surface area contributed by atoms with Gasteiger partial charge in [-0.2, -0.15) is 0 Å². The van der Waals surface area contributed by atoms with Gasteiger partial charge in [-0.3, -0.25) is 0 Å². The molecular formula is C14H16O3. The Balaban J connectivity index is 2.06. The number of ether oxygens (including phenoxy) is 2. The quantitative estimate of drug-likeness (QED) is 0.550. The average Bonchev–Trinajstić information content (AvgIpc) is 2.96. The van der Waals surface area contributed by atoms with Crippen molar-refractivity contribution >= 4 is 5.97 Å². The van der Waals surface area contributed by atoms with Crippen LogP contribution in [0.4, 0.5) is 0 Å². The van der Waals surface area contributed by atoms with E-state index in [2.05, 4.69) is 12.1 Å². The van der Waals surface area contributed by atoms with Gasteiger partial charge in [0.1, 0.15) is 5.60 Å². The molecule has 1 spiro atoms. The van der Waals surface area contributed by atoms with Gasteiger partial charge in [-0.05, 0) is 37.3 Å². The Labute approximate surface area is 101 Å². The maximum absolute atomic E-state index is 11.8. The van der Waals surface area contributed by atoms with Crippen molar-refractivity contribution in [2.75, 3.05) is 7.11 Å². The van der Waals surface area contributed by atoms with Crippen LogP contribution in [0.1, 0.15) is 30.9 Å². The molecule has 1 fully saturated rings. The molecule has 2 unspecified atom stereocenters. The molecule has 1 aliphatic carbocycles. The highest BCUT2D eigenvalue weighted by Gasteiger charge is 2.73. The highest BCUT2D eigenvalue weighted by atomic mass is 16.7. The van der Waals surface area contributed by atoms with Gasteiger partial charge in [0.05, 0.1) is 7.11 Å². The number of epoxide rings is 1. The predicted octanol–water partition coefficient (Wildman–Crippen LogP) is 2.18. The molecule has 1 saturated heterocycles. The zero-order chi connectivity index (χ0) is 12.1. The number of benzene rings is 1. The summed E-state index contributed by atoms with van der Waals surface area (Å²) in [5, 5.41) is 0. The maximum Gasteiger partial charge on any atom is 0.341 e. The highest BCUT2D eigenvalue weighted by molar-refractivity contribution is 5.85. The first-order valence-corrected chi connectivity index (χ1v) is 6.01. The summed E-state index contributed by atoms with van der Waals surface area (Å²) in [6.07, 6.45) is 3.03. The van der Waals surface area contributed by atoms with Gasteiger partial charge in [0.2, 0.25) is 0 Å². The fraction of sp³-hybridized carbons (Fsp3) is 0.500. The van der Waals surface area contributed by atoms with E-state index in [9.17, 15) is 4.79 Å². The third-order valence-electron chi connectivity index (χ3n) is 4.11. The number of hydrogen-bond acceptors (Lipinski definition) is 3. The minimum Gasteiger partial charge on any atom is -0.467 e. The predicted molar refractivity (Wildman–Crippen MR) is 62.6 cm³/mol. The summed E-state index contributed by atoms with van der Waals surface area (Å²) in [4.78, 5) is 11.8. The van der Waals surface area contributed by atoms with Crippen molar-refractivity contribution in [3.63, 3.8) is 0 Å². The zero-order valence-corrected chi connectivity index (χ0v) is 10.2. The molecule has 1 aromatic rings. The minimum absolute atomic E-state index is 0.269. The largest absolute Gasteiger partial charge is 0.467 e. The topological polar surface area (TPSA) is 38.8 Å². The normalized spacial score (nSPS) is 34.2. The smallest absolute Gasteiger partial charge is 0.341 e. The molecule has 1 aliphatic heterocycles. The Kier molecular flexibility index (Phi) is 2.11. The molecule has 0 saturated carbocycles. The lowest BCUT2D eigenvalue weighted by atomic mass is 9.76. The average molecular weight is 232 g/mol. The van der Waals surface area contributed by atoms with Gasteiger partial charge < -0.3 is 9.47 Å². The zero-order valence-electron chi connectivity index (χ0n) is 10.2. The second kappa shape index (κ2) is 3.33. The highest BCUT2D eigenvalue weighted by Crippen LogP contribution is 2.61. The first kappa shape index (κ1) is 10.8. The van der Waals surface area contributed by atoms with Crippen molar-refractivity contribution in [3.8, 4) is 0 Å². The van der Waals surface area contributed by atoms with E-state index in [-0.39, 0.29) is 5.97 Å². The molecule has 2 aliphatic rings. The summed E-state index contributed by atoms with van der Waals surface area (Å²) < 4.78 is 10.7. The van der Waals surface area contributed by atoms with Crippen molar-refractivity contribution in [1.82, 2.24) is 0 Å². The molecule has 17 heavy (non-hydrogen) atoms. The van der Waals surface area contributed by atoms with Crippen LogP contribution in [-0.2, 0) is 26.3 Å². The van der Waals surface area contributed by atoms with Crippen molar-refractivity contribution in [2.24, 2.45) is 0 Å². The van der Waals surface area contributed by atoms with E-state index < -0.39 is 11.2 Å². The molecule has 0 N–H and O–H groups in total. The summed E-state index contributed by atoms with van der Waals surface area (Å²) in [7, 11) is 1.41. The molecule has 0 amide bonds. The number of rotatable bonds is 1. The molecular weight excluding hydrogens is 216 g/mol. The van der Waals surface area contributed by atoms with Crippen molar-refractivity contribution in [2.45, 2.75) is 37.4 Å². The Morgan fingerprint density at radius 1 is 1.41 bits per heavy atom. The van der Waals surface area contributed by atoms with Crippen molar-refractivity contribution in [3.05, 3.63) is 35.4 Å². The van der Waals surface area contributed by atoms with Crippen LogP contribution in [0.15, 0.2) is 24.3 Å². The summed E-state index contributed by atoms with van der Waals surface area (Å²) in [5.74, 6) is -0.269. The van der Waals surface area contributed by atoms with Crippen LogP contribution >= 0.6 is 0 Å². The van der Waals surface area contributed by atoms with Crippen LogP contribution < -0.4 is 0 Å². The van der Waals surface area contributed by atoms with Crippen LogP contribution in [0.25, 0.3) is 0 Å². The fourth-order valence-electron chi connectivity index (χ4n) is 3.12. The standard InChI is InChI=1S/C14H16O3/c1-13(12(15)16-2)14(17-13)9-5-7-10-6-3-4-8-11(10)14/h3-4,6,8H,5,7,9H2,1-2H3. The van der Waals surface area contributed by atoms with Gasteiger partial charge in [0.25, 0.3) is 0 Å². The minimum atomic E-state index is -0.793. The first-order chi connectivity index (χ1) is 8.14. The van der Waals surface area contributed by atoms with Gasteiger partial charge in [-0.15, -0.1) is 0 Å². The Morgan fingerprint density at radius 2 is 2.18 bits per heavy atom. The van der Waals surface area contributed by atoms with Crippen molar-refractivity contribution in [1.29, 1.82) is 0 Å². The first-order valence-electron chi connectivity index (χ1n) is 6.01. The van der Waals surface area contributed by atoms with E-state index in [4.69, 9.17) is 9.47 Å². The van der Waals surface area contributed by atoms with Gasteiger partial charge >= 0.3 is 5.97 Å². The number of esters is 1. The SMILES string of the molecule is COC(=O)C1(C)OC12CCCc1ccccc12. The van der Waals surface area contributed by atoms with E-state index in [0.717, 1.165) is 19.3 Å². The maximum atomic E-state index is 11.8. The van der Waals surface area contributed by atoms with Crippen LogP contribution in [-0.4, -0.2) is 18.7 Å². The summed E-state index contributed by atoms with van der Waals surface area (Å²) in [6.45, 7) is 1.83. The number of aryl methyl sites for hydroxylation is 1. The van der Waals surface area contributed by atoms with Crippen LogP contribution in [0, 0.1) is 0 Å². The lowest BCUT2D eigenvalue weighted by molar-refractivity contribution is -0.146. The Bertz CT molecular complexity index is 482. The van der Waals surface area contributed by atoms with Crippen LogP contribution in [0.5, 0.6) is 0 Å². The van der Waals surface area contributed by atoms with E-state index >= 15 is 0 Å². The molecule has 2 atom stereocenters. The molecule has 90 valence electrons. The lowest BCUT2D eigenvalue weighted by Gasteiger charge is -2.24. The van der Waals surface area contributed by atoms with Gasteiger partial charge in [-0.1, -0.05) is 24.3 Å². The molecule has 1 heterocycles. The number of fused-ring (bicyclic) bond motifs is 2. The van der Waals surface area contributed by atoms with E-state index in [1.807, 2.05) is 19.1 Å². The lowest BCUT2D eigenvalue weighted by Crippen LogP contribution is -2.33. The summed E-state index contributed by atoms with van der Waals surface area (Å²) in [6, 6.07) is 8.24. The molecule has 3 heteroatoms. The third kappa shape index (κ3) is 1.23. The Hall–Kier alpha value is -1.35. The fourth-order valence-corrected chi connectivity index (χ4v) is 3.12. The van der Waals surface area contributed by atoms with Gasteiger partial charge in [-0.25, -0.2) is 4.79 Å². The molecule has 0 radical (unpaired) electrons. The monoisotopic (exact) mass is 232 g/mol. The van der Waals surface area contributed by atoms with Gasteiger partial charge in [0.15, 0.2) is 5.60 Å². The van der Waals surface area contributed by atoms with E-state index in [1.54, 1.807) is 0 Å². The van der Waals surface area contributed by atoms with Crippen LogP contribution in [0.3, 0.4) is 0 Å².